The number of nitrogens with zero attached hydrogens (tertiary/aromatic N) is 1. The average Bonchev–Trinajstić information content (AvgIpc) is 2.92. The maximum Gasteiger partial charge on any atom is 0.0849 e. The number of ether oxygens (including phenoxy) is 1. The van der Waals surface area contributed by atoms with Crippen molar-refractivity contribution >= 4 is 10.9 Å². The Labute approximate surface area is 120 Å². The number of nitrogens with one attached hydrogen (secondary N) is 1. The maximum absolute atomic E-state index is 6.04. The Morgan fingerprint density at radius 1 is 1.40 bits per heavy atom. The fraction of sp³-hybridized carbons (Fsp3) is 0.471. The Kier molecular flexibility index (Phi) is 3.72. The molecule has 3 rings (SSSR count). The Balaban J connectivity index is 2.00. The molecular weight excluding hydrogens is 248 g/mol. The van der Waals surface area contributed by atoms with Gasteiger partial charge in [0.15, 0.2) is 0 Å². The highest BCUT2D eigenvalue weighted by atomic mass is 16.5. The smallest absolute Gasteiger partial charge is 0.0849 e. The van der Waals surface area contributed by atoms with Crippen LogP contribution in [0.2, 0.25) is 0 Å². The van der Waals surface area contributed by atoms with Gasteiger partial charge in [0.05, 0.1) is 17.2 Å². The lowest BCUT2D eigenvalue weighted by Crippen LogP contribution is -2.41. The maximum atomic E-state index is 6.04. The first-order valence-corrected chi connectivity index (χ1v) is 7.45. The van der Waals surface area contributed by atoms with Gasteiger partial charge in [0.2, 0.25) is 0 Å². The second-order valence-corrected chi connectivity index (χ2v) is 5.71. The van der Waals surface area contributed by atoms with Crippen LogP contribution in [0.5, 0.6) is 0 Å². The molecule has 1 aliphatic heterocycles. The standard InChI is InChI=1S/C17H22N2O/c1-3-18-16(17(2)9-5-11-20-17)14-7-8-15-13(12-14)6-4-10-19-15/h4,6-8,10,12,16,18H,3,5,9,11H2,1-2H3. The van der Waals surface area contributed by atoms with Crippen LogP contribution < -0.4 is 5.32 Å². The summed E-state index contributed by atoms with van der Waals surface area (Å²) < 4.78 is 6.04. The first kappa shape index (κ1) is 13.5. The highest BCUT2D eigenvalue weighted by molar-refractivity contribution is 5.79. The normalized spacial score (nSPS) is 24.1. The lowest BCUT2D eigenvalue weighted by molar-refractivity contribution is -0.0120. The van der Waals surface area contributed by atoms with E-state index >= 15 is 0 Å². The van der Waals surface area contributed by atoms with Crippen LogP contribution in [0.4, 0.5) is 0 Å². The van der Waals surface area contributed by atoms with Crippen LogP contribution in [0.15, 0.2) is 36.5 Å². The molecule has 106 valence electrons. The zero-order valence-corrected chi connectivity index (χ0v) is 12.2. The van der Waals surface area contributed by atoms with Crippen LogP contribution in [0.25, 0.3) is 10.9 Å². The van der Waals surface area contributed by atoms with E-state index in [1.54, 1.807) is 0 Å². The summed E-state index contributed by atoms with van der Waals surface area (Å²) in [6, 6.07) is 10.9. The number of likely N-dealkylation sites (N-methyl/N-ethyl adjacent to an activating group) is 1. The van der Waals surface area contributed by atoms with E-state index in [4.69, 9.17) is 4.74 Å². The number of pyridine rings is 1. The van der Waals surface area contributed by atoms with Gasteiger partial charge in [0.25, 0.3) is 0 Å². The number of benzene rings is 1. The molecule has 3 heteroatoms. The molecule has 0 spiro atoms. The Morgan fingerprint density at radius 3 is 3.05 bits per heavy atom. The van der Waals surface area contributed by atoms with Crippen molar-refractivity contribution in [3.05, 3.63) is 42.1 Å². The monoisotopic (exact) mass is 270 g/mol. The first-order chi connectivity index (χ1) is 9.73. The van der Waals surface area contributed by atoms with Crippen LogP contribution in [0.1, 0.15) is 38.3 Å². The van der Waals surface area contributed by atoms with E-state index in [-0.39, 0.29) is 11.6 Å². The summed E-state index contributed by atoms with van der Waals surface area (Å²) in [4.78, 5) is 4.39. The third-order valence-corrected chi connectivity index (χ3v) is 4.23. The van der Waals surface area contributed by atoms with E-state index in [0.717, 1.165) is 31.5 Å². The van der Waals surface area contributed by atoms with Gasteiger partial charge < -0.3 is 10.1 Å². The fourth-order valence-corrected chi connectivity index (χ4v) is 3.19. The van der Waals surface area contributed by atoms with Gasteiger partial charge in [-0.05, 0) is 50.1 Å². The van der Waals surface area contributed by atoms with Crippen molar-refractivity contribution in [2.75, 3.05) is 13.2 Å². The molecule has 0 radical (unpaired) electrons. The molecule has 3 nitrogen and oxygen atoms in total. The van der Waals surface area contributed by atoms with E-state index in [2.05, 4.69) is 48.4 Å². The zero-order valence-electron chi connectivity index (χ0n) is 12.2. The topological polar surface area (TPSA) is 34.2 Å². The lowest BCUT2D eigenvalue weighted by atomic mass is 9.87. The molecule has 0 saturated carbocycles. The number of rotatable bonds is 4. The van der Waals surface area contributed by atoms with Gasteiger partial charge >= 0.3 is 0 Å². The lowest BCUT2D eigenvalue weighted by Gasteiger charge is -2.34. The second-order valence-electron chi connectivity index (χ2n) is 5.71. The minimum atomic E-state index is -0.105. The summed E-state index contributed by atoms with van der Waals surface area (Å²) in [5.41, 5.74) is 2.23. The SMILES string of the molecule is CCNC(c1ccc2ncccc2c1)C1(C)CCCO1. The largest absolute Gasteiger partial charge is 0.373 e. The summed E-state index contributed by atoms with van der Waals surface area (Å²) >= 11 is 0. The van der Waals surface area contributed by atoms with Gasteiger partial charge in [-0.15, -0.1) is 0 Å². The van der Waals surface area contributed by atoms with Crippen molar-refractivity contribution in [3.8, 4) is 0 Å². The molecule has 1 aliphatic rings. The Bertz CT molecular complexity index is 590. The predicted molar refractivity (Wildman–Crippen MR) is 81.8 cm³/mol. The number of fused-ring (bicyclic) bond motifs is 1. The second kappa shape index (κ2) is 5.51. The van der Waals surface area contributed by atoms with Crippen LogP contribution in [0, 0.1) is 0 Å². The quantitative estimate of drug-likeness (QED) is 0.924. The number of aromatic nitrogens is 1. The van der Waals surface area contributed by atoms with E-state index in [0.29, 0.717) is 0 Å². The van der Waals surface area contributed by atoms with Gasteiger partial charge in [-0.1, -0.05) is 19.1 Å². The van der Waals surface area contributed by atoms with Crippen LogP contribution >= 0.6 is 0 Å². The van der Waals surface area contributed by atoms with Crippen molar-refractivity contribution in [2.24, 2.45) is 0 Å². The molecule has 1 aromatic heterocycles. The van der Waals surface area contributed by atoms with Crippen molar-refractivity contribution in [2.45, 2.75) is 38.3 Å². The highest BCUT2D eigenvalue weighted by Gasteiger charge is 2.38. The van der Waals surface area contributed by atoms with Crippen LogP contribution in [-0.4, -0.2) is 23.7 Å². The molecule has 2 aromatic rings. The molecule has 0 amide bonds. The summed E-state index contributed by atoms with van der Waals surface area (Å²) in [6.07, 6.45) is 4.09. The first-order valence-electron chi connectivity index (χ1n) is 7.45. The third-order valence-electron chi connectivity index (χ3n) is 4.23. The Morgan fingerprint density at radius 2 is 2.30 bits per heavy atom. The number of hydrogen-bond acceptors (Lipinski definition) is 3. The Hall–Kier alpha value is -1.45. The summed E-state index contributed by atoms with van der Waals surface area (Å²) in [5.74, 6) is 0. The van der Waals surface area contributed by atoms with E-state index in [1.165, 1.54) is 10.9 Å². The van der Waals surface area contributed by atoms with Crippen molar-refractivity contribution in [3.63, 3.8) is 0 Å². The van der Waals surface area contributed by atoms with Crippen molar-refractivity contribution < 1.29 is 4.74 Å². The minimum absolute atomic E-state index is 0.105. The molecule has 1 N–H and O–H groups in total. The fourth-order valence-electron chi connectivity index (χ4n) is 3.19. The van der Waals surface area contributed by atoms with E-state index < -0.39 is 0 Å². The minimum Gasteiger partial charge on any atom is -0.373 e. The van der Waals surface area contributed by atoms with Gasteiger partial charge in [0, 0.05) is 18.2 Å². The predicted octanol–water partition coefficient (Wildman–Crippen LogP) is 3.45. The molecule has 0 bridgehead atoms. The number of hydrogen-bond donors (Lipinski definition) is 1. The summed E-state index contributed by atoms with van der Waals surface area (Å²) in [7, 11) is 0. The van der Waals surface area contributed by atoms with Gasteiger partial charge in [-0.2, -0.15) is 0 Å². The highest BCUT2D eigenvalue weighted by Crippen LogP contribution is 2.38. The van der Waals surface area contributed by atoms with Crippen LogP contribution in [0.3, 0.4) is 0 Å². The van der Waals surface area contributed by atoms with Crippen molar-refractivity contribution in [1.82, 2.24) is 10.3 Å². The molecular formula is C17H22N2O. The summed E-state index contributed by atoms with van der Waals surface area (Å²) in [5, 5.41) is 4.79. The molecule has 0 aliphatic carbocycles. The third kappa shape index (κ3) is 2.43. The molecule has 2 heterocycles. The van der Waals surface area contributed by atoms with Gasteiger partial charge in [-0.25, -0.2) is 0 Å². The van der Waals surface area contributed by atoms with E-state index in [9.17, 15) is 0 Å². The van der Waals surface area contributed by atoms with Crippen LogP contribution in [-0.2, 0) is 4.74 Å². The van der Waals surface area contributed by atoms with E-state index in [1.807, 2.05) is 12.3 Å². The zero-order chi connectivity index (χ0) is 14.0. The molecule has 1 saturated heterocycles. The van der Waals surface area contributed by atoms with Gasteiger partial charge in [-0.3, -0.25) is 4.98 Å². The molecule has 20 heavy (non-hydrogen) atoms. The van der Waals surface area contributed by atoms with Gasteiger partial charge in [0.1, 0.15) is 0 Å². The molecule has 2 unspecified atom stereocenters. The molecule has 1 aromatic carbocycles. The molecule has 2 atom stereocenters. The average molecular weight is 270 g/mol. The van der Waals surface area contributed by atoms with Crippen molar-refractivity contribution in [1.29, 1.82) is 0 Å². The molecule has 1 fully saturated rings. The summed E-state index contributed by atoms with van der Waals surface area (Å²) in [6.45, 7) is 6.18.